The van der Waals surface area contributed by atoms with Gasteiger partial charge in [0.05, 0.1) is 32.5 Å². The van der Waals surface area contributed by atoms with Crippen LogP contribution in [0, 0.1) is 0 Å². The average Bonchev–Trinajstić information content (AvgIpc) is 2.83. The van der Waals surface area contributed by atoms with Gasteiger partial charge in [-0.2, -0.15) is 0 Å². The Morgan fingerprint density at radius 1 is 1.09 bits per heavy atom. The summed E-state index contributed by atoms with van der Waals surface area (Å²) in [5.74, 6) is -0.550. The first-order valence-electron chi connectivity index (χ1n) is 10.7. The van der Waals surface area contributed by atoms with Crippen LogP contribution in [0.15, 0.2) is 30.6 Å². The number of amides is 3. The molecule has 12 heteroatoms. The summed E-state index contributed by atoms with van der Waals surface area (Å²) in [6.45, 7) is 7.02. The van der Waals surface area contributed by atoms with Crippen molar-refractivity contribution >= 4 is 29.5 Å². The minimum absolute atomic E-state index is 0.0733. The summed E-state index contributed by atoms with van der Waals surface area (Å²) < 4.78 is 16.4. The van der Waals surface area contributed by atoms with E-state index in [1.54, 1.807) is 53.0 Å². The predicted molar refractivity (Wildman–Crippen MR) is 128 cm³/mol. The zero-order chi connectivity index (χ0) is 26.2. The van der Waals surface area contributed by atoms with E-state index in [0.29, 0.717) is 17.1 Å². The molecule has 190 valence electrons. The van der Waals surface area contributed by atoms with Crippen LogP contribution in [0.2, 0.25) is 0 Å². The molecule has 2 aromatic rings. The standard InChI is InChI=1S/C23H30ClN5O6/c1-14(19-20(26-10-9-25-19)21(31)28-27-18(30)12-24)29(22(32)35-23(2,3)4)13-15-7-8-16(33-5)11-17(15)34-6/h7-11,14H,12-13H2,1-6H3,(H,27,30)(H,28,31). The zero-order valence-electron chi connectivity index (χ0n) is 20.5. The van der Waals surface area contributed by atoms with Crippen LogP contribution in [0.4, 0.5) is 4.79 Å². The second kappa shape index (κ2) is 12.2. The highest BCUT2D eigenvalue weighted by Gasteiger charge is 2.31. The number of ether oxygens (including phenoxy) is 3. The Labute approximate surface area is 209 Å². The van der Waals surface area contributed by atoms with Crippen molar-refractivity contribution in [3.63, 3.8) is 0 Å². The second-order valence-electron chi connectivity index (χ2n) is 8.39. The molecule has 0 radical (unpaired) electrons. The Kier molecular flexibility index (Phi) is 9.64. The number of aromatic nitrogens is 2. The molecule has 2 N–H and O–H groups in total. The third-order valence-corrected chi connectivity index (χ3v) is 4.95. The first kappa shape index (κ1) is 27.6. The molecule has 11 nitrogen and oxygen atoms in total. The van der Waals surface area contributed by atoms with Crippen LogP contribution in [-0.4, -0.2) is 58.5 Å². The molecule has 1 unspecified atom stereocenters. The van der Waals surface area contributed by atoms with Crippen molar-refractivity contribution in [3.8, 4) is 11.5 Å². The minimum atomic E-state index is -0.770. The third-order valence-electron chi connectivity index (χ3n) is 4.70. The van der Waals surface area contributed by atoms with Crippen molar-refractivity contribution in [2.45, 2.75) is 45.9 Å². The average molecular weight is 508 g/mol. The lowest BCUT2D eigenvalue weighted by Crippen LogP contribution is -2.44. The van der Waals surface area contributed by atoms with Crippen LogP contribution < -0.4 is 20.3 Å². The summed E-state index contributed by atoms with van der Waals surface area (Å²) in [6.07, 6.45) is 2.11. The van der Waals surface area contributed by atoms with E-state index in [0.717, 1.165) is 0 Å². The number of carbonyl (C=O) groups excluding carboxylic acids is 3. The zero-order valence-corrected chi connectivity index (χ0v) is 21.3. The van der Waals surface area contributed by atoms with Crippen LogP contribution in [0.3, 0.4) is 0 Å². The van der Waals surface area contributed by atoms with Crippen LogP contribution in [0.5, 0.6) is 11.5 Å². The van der Waals surface area contributed by atoms with Crippen molar-refractivity contribution in [3.05, 3.63) is 47.5 Å². The predicted octanol–water partition coefficient (Wildman–Crippen LogP) is 2.99. The molecule has 35 heavy (non-hydrogen) atoms. The number of hydrogen-bond donors (Lipinski definition) is 2. The number of benzene rings is 1. The SMILES string of the molecule is COc1ccc(CN(C(=O)OC(C)(C)C)C(C)c2nccnc2C(=O)NNC(=O)CCl)c(OC)c1. The molecule has 1 aromatic carbocycles. The normalized spacial score (nSPS) is 11.7. The molecule has 1 atom stereocenters. The van der Waals surface area contributed by atoms with Crippen molar-refractivity contribution in [1.82, 2.24) is 25.7 Å². The lowest BCUT2D eigenvalue weighted by atomic mass is 10.1. The molecular formula is C23H30ClN5O6. The van der Waals surface area contributed by atoms with Gasteiger partial charge in [0.2, 0.25) is 0 Å². The minimum Gasteiger partial charge on any atom is -0.497 e. The van der Waals surface area contributed by atoms with Gasteiger partial charge >= 0.3 is 6.09 Å². The first-order valence-corrected chi connectivity index (χ1v) is 11.2. The van der Waals surface area contributed by atoms with Crippen LogP contribution in [0.25, 0.3) is 0 Å². The number of carbonyl (C=O) groups is 3. The number of nitrogens with zero attached hydrogens (tertiary/aromatic N) is 3. The molecule has 2 rings (SSSR count). The van der Waals surface area contributed by atoms with Gasteiger partial charge in [0.25, 0.3) is 11.8 Å². The van der Waals surface area contributed by atoms with Crippen LogP contribution in [0.1, 0.15) is 55.5 Å². The van der Waals surface area contributed by atoms with Gasteiger partial charge in [-0.25, -0.2) is 9.78 Å². The fourth-order valence-corrected chi connectivity index (χ4v) is 3.11. The number of halogens is 1. The van der Waals surface area contributed by atoms with Gasteiger partial charge in [0, 0.05) is 24.0 Å². The molecule has 0 spiro atoms. The number of hydrazine groups is 1. The monoisotopic (exact) mass is 507 g/mol. The number of alkyl halides is 1. The van der Waals surface area contributed by atoms with Gasteiger partial charge in [-0.15, -0.1) is 11.6 Å². The van der Waals surface area contributed by atoms with E-state index in [4.69, 9.17) is 25.8 Å². The van der Waals surface area contributed by atoms with Crippen molar-refractivity contribution in [2.75, 3.05) is 20.1 Å². The molecule has 1 aromatic heterocycles. The smallest absolute Gasteiger partial charge is 0.411 e. The topological polar surface area (TPSA) is 132 Å². The summed E-state index contributed by atoms with van der Waals surface area (Å²) in [6, 6.07) is 4.47. The van der Waals surface area contributed by atoms with E-state index in [1.807, 2.05) is 0 Å². The molecule has 0 saturated carbocycles. The number of nitrogens with one attached hydrogen (secondary N) is 2. The van der Waals surface area contributed by atoms with E-state index < -0.39 is 29.6 Å². The molecule has 0 aliphatic carbocycles. The Morgan fingerprint density at radius 3 is 2.37 bits per heavy atom. The number of rotatable bonds is 8. The molecular weight excluding hydrogens is 478 g/mol. The number of hydrogen-bond acceptors (Lipinski definition) is 8. The third kappa shape index (κ3) is 7.71. The Balaban J connectivity index is 2.45. The lowest BCUT2D eigenvalue weighted by molar-refractivity contribution is -0.119. The van der Waals surface area contributed by atoms with Gasteiger partial charge < -0.3 is 14.2 Å². The highest BCUT2D eigenvalue weighted by atomic mass is 35.5. The van der Waals surface area contributed by atoms with Crippen LogP contribution in [-0.2, 0) is 16.1 Å². The van der Waals surface area contributed by atoms with Crippen LogP contribution >= 0.6 is 11.6 Å². The van der Waals surface area contributed by atoms with Gasteiger partial charge in [-0.05, 0) is 39.8 Å². The van der Waals surface area contributed by atoms with Gasteiger partial charge in [0.1, 0.15) is 23.0 Å². The molecule has 0 saturated heterocycles. The largest absolute Gasteiger partial charge is 0.497 e. The van der Waals surface area contributed by atoms with E-state index in [-0.39, 0.29) is 23.8 Å². The Bertz CT molecular complexity index is 1060. The maximum absolute atomic E-state index is 13.3. The van der Waals surface area contributed by atoms with Gasteiger partial charge in [-0.1, -0.05) is 0 Å². The molecule has 0 fully saturated rings. The summed E-state index contributed by atoms with van der Waals surface area (Å²) in [7, 11) is 3.06. The van der Waals surface area contributed by atoms with Crippen molar-refractivity contribution in [2.24, 2.45) is 0 Å². The van der Waals surface area contributed by atoms with Gasteiger partial charge in [0.15, 0.2) is 5.69 Å². The summed E-state index contributed by atoms with van der Waals surface area (Å²) in [5, 5.41) is 0. The highest BCUT2D eigenvalue weighted by Crippen LogP contribution is 2.30. The molecule has 3 amide bonds. The van der Waals surface area contributed by atoms with E-state index in [1.165, 1.54) is 24.4 Å². The molecule has 0 bridgehead atoms. The van der Waals surface area contributed by atoms with Crippen molar-refractivity contribution in [1.29, 1.82) is 0 Å². The quantitative estimate of drug-likeness (QED) is 0.411. The fourth-order valence-electron chi connectivity index (χ4n) is 3.04. The molecule has 0 aliphatic rings. The maximum atomic E-state index is 13.3. The Hall–Kier alpha value is -3.60. The molecule has 1 heterocycles. The number of methoxy groups -OCH3 is 2. The van der Waals surface area contributed by atoms with E-state index in [9.17, 15) is 14.4 Å². The summed E-state index contributed by atoms with van der Waals surface area (Å²) in [4.78, 5) is 47.2. The fraction of sp³-hybridized carbons (Fsp3) is 0.435. The first-order chi connectivity index (χ1) is 16.5. The van der Waals surface area contributed by atoms with Crippen molar-refractivity contribution < 1.29 is 28.6 Å². The van der Waals surface area contributed by atoms with E-state index in [2.05, 4.69) is 20.8 Å². The van der Waals surface area contributed by atoms with Gasteiger partial charge in [-0.3, -0.25) is 30.3 Å². The Morgan fingerprint density at radius 2 is 1.77 bits per heavy atom. The summed E-state index contributed by atoms with van der Waals surface area (Å²) in [5.41, 5.74) is 4.44. The summed E-state index contributed by atoms with van der Waals surface area (Å²) >= 11 is 5.45. The highest BCUT2D eigenvalue weighted by molar-refractivity contribution is 6.27. The molecule has 0 aliphatic heterocycles. The van der Waals surface area contributed by atoms with E-state index >= 15 is 0 Å². The maximum Gasteiger partial charge on any atom is 0.411 e. The lowest BCUT2D eigenvalue weighted by Gasteiger charge is -2.32. The second-order valence-corrected chi connectivity index (χ2v) is 8.66.